The van der Waals surface area contributed by atoms with Crippen molar-refractivity contribution in [3.63, 3.8) is 0 Å². The van der Waals surface area contributed by atoms with E-state index in [1.165, 1.54) is 13.2 Å². The Morgan fingerprint density at radius 1 is 1.14 bits per heavy atom. The first kappa shape index (κ1) is 21.3. The monoisotopic (exact) mass is 390 g/mol. The number of esters is 1. The lowest BCUT2D eigenvalue weighted by Crippen LogP contribution is -2.05. The summed E-state index contributed by atoms with van der Waals surface area (Å²) in [5, 5.41) is 38.6. The molecular formula is C19H22N2O7. The Morgan fingerprint density at radius 2 is 1.82 bits per heavy atom. The number of nitrogens with one attached hydrogen (secondary N) is 1. The number of ether oxygens (including phenoxy) is 1. The molecule has 1 aromatic carbocycles. The minimum absolute atomic E-state index is 0.0389. The average Bonchev–Trinajstić information content (AvgIpc) is 3.09. The van der Waals surface area contributed by atoms with E-state index in [9.17, 15) is 30.0 Å². The van der Waals surface area contributed by atoms with Crippen LogP contribution >= 0.6 is 0 Å². The number of carboxylic acids is 1. The number of aromatic nitrogens is 1. The highest BCUT2D eigenvalue weighted by atomic mass is 16.5. The number of benzene rings is 1. The molecule has 2 aromatic rings. The van der Waals surface area contributed by atoms with Gasteiger partial charge in [0.25, 0.3) is 0 Å². The smallest absolute Gasteiger partial charge is 0.352 e. The number of carbonyl (C=O) groups excluding carboxylic acids is 1. The molecule has 2 rings (SSSR count). The van der Waals surface area contributed by atoms with Crippen LogP contribution in [0.3, 0.4) is 0 Å². The molecule has 1 heterocycles. The van der Waals surface area contributed by atoms with Gasteiger partial charge in [0, 0.05) is 29.4 Å². The third-order valence-corrected chi connectivity index (χ3v) is 4.41. The third kappa shape index (κ3) is 3.97. The molecule has 9 heteroatoms. The summed E-state index contributed by atoms with van der Waals surface area (Å²) in [4.78, 5) is 25.9. The van der Waals surface area contributed by atoms with Crippen LogP contribution < -0.4 is 5.73 Å². The summed E-state index contributed by atoms with van der Waals surface area (Å²) in [6.45, 7) is -1.27. The molecule has 0 aliphatic heterocycles. The number of carbonyl (C=O) groups is 2. The van der Waals surface area contributed by atoms with Crippen molar-refractivity contribution in [2.75, 3.05) is 7.11 Å². The van der Waals surface area contributed by atoms with Gasteiger partial charge in [0.05, 0.1) is 26.9 Å². The minimum atomic E-state index is -1.26. The fraction of sp³-hybridized carbons (Fsp3) is 0.263. The zero-order valence-corrected chi connectivity index (χ0v) is 15.2. The van der Waals surface area contributed by atoms with E-state index in [0.717, 1.165) is 6.08 Å². The van der Waals surface area contributed by atoms with Crippen LogP contribution in [0, 0.1) is 0 Å². The molecule has 0 aliphatic rings. The van der Waals surface area contributed by atoms with E-state index < -0.39 is 25.2 Å². The summed E-state index contributed by atoms with van der Waals surface area (Å²) < 4.78 is 4.55. The Kier molecular flexibility index (Phi) is 7.07. The van der Waals surface area contributed by atoms with Crippen LogP contribution in [0.5, 0.6) is 0 Å². The maximum atomic E-state index is 11.7. The predicted octanol–water partition coefficient (Wildman–Crippen LogP) is 0.502. The molecule has 0 aliphatic carbocycles. The Hall–Kier alpha value is -2.98. The Morgan fingerprint density at radius 3 is 2.32 bits per heavy atom. The number of aromatic carboxylic acids is 1. The summed E-state index contributed by atoms with van der Waals surface area (Å²) in [5.41, 5.74) is 8.05. The third-order valence-electron chi connectivity index (χ3n) is 4.41. The molecule has 0 atom stereocenters. The van der Waals surface area contributed by atoms with Gasteiger partial charge in [-0.2, -0.15) is 0 Å². The molecule has 0 saturated carbocycles. The maximum absolute atomic E-state index is 11.7. The number of hydrogen-bond acceptors (Lipinski definition) is 7. The Bertz CT molecular complexity index is 915. The number of methoxy groups -OCH3 is 1. The molecule has 0 unspecified atom stereocenters. The molecule has 0 bridgehead atoms. The number of aliphatic hydroxyl groups excluding tert-OH is 3. The highest BCUT2D eigenvalue weighted by Gasteiger charge is 2.24. The van der Waals surface area contributed by atoms with E-state index in [2.05, 4.69) is 9.72 Å². The van der Waals surface area contributed by atoms with Crippen LogP contribution in [-0.4, -0.2) is 44.5 Å². The van der Waals surface area contributed by atoms with Crippen molar-refractivity contribution in [2.45, 2.75) is 26.4 Å². The number of carboxylic acid groups (broad SMARTS) is 1. The summed E-state index contributed by atoms with van der Waals surface area (Å²) in [5.74, 6) is -1.93. The Balaban J connectivity index is 2.86. The van der Waals surface area contributed by atoms with Gasteiger partial charge in [-0.1, -0.05) is 12.1 Å². The van der Waals surface area contributed by atoms with Crippen molar-refractivity contribution >= 4 is 18.0 Å². The molecule has 0 amide bonds. The second-order valence-electron chi connectivity index (χ2n) is 5.84. The van der Waals surface area contributed by atoms with Gasteiger partial charge < -0.3 is 35.9 Å². The van der Waals surface area contributed by atoms with Crippen LogP contribution in [0.25, 0.3) is 17.2 Å². The number of H-pyrrole nitrogens is 1. The summed E-state index contributed by atoms with van der Waals surface area (Å²) in [6, 6.07) is 3.17. The first-order chi connectivity index (χ1) is 13.4. The minimum Gasteiger partial charge on any atom is -0.477 e. The van der Waals surface area contributed by atoms with E-state index >= 15 is 0 Å². The normalized spacial score (nSPS) is 11.2. The lowest BCUT2D eigenvalue weighted by atomic mass is 9.90. The zero-order valence-electron chi connectivity index (χ0n) is 15.2. The van der Waals surface area contributed by atoms with Gasteiger partial charge in [-0.15, -0.1) is 0 Å². The number of aromatic amines is 1. The zero-order chi connectivity index (χ0) is 20.8. The van der Waals surface area contributed by atoms with Crippen LogP contribution in [0.2, 0.25) is 0 Å². The molecule has 28 heavy (non-hydrogen) atoms. The lowest BCUT2D eigenvalue weighted by molar-refractivity contribution is -0.134. The lowest BCUT2D eigenvalue weighted by Gasteiger charge is -2.16. The van der Waals surface area contributed by atoms with Crippen molar-refractivity contribution in [1.29, 1.82) is 0 Å². The number of nitrogens with two attached hydrogens (primary N) is 1. The molecule has 7 N–H and O–H groups in total. The van der Waals surface area contributed by atoms with Gasteiger partial charge in [-0.05, 0) is 28.3 Å². The van der Waals surface area contributed by atoms with Crippen LogP contribution in [0.1, 0.15) is 38.4 Å². The van der Waals surface area contributed by atoms with Crippen LogP contribution in [0.15, 0.2) is 18.2 Å². The van der Waals surface area contributed by atoms with Crippen molar-refractivity contribution in [2.24, 2.45) is 5.73 Å². The van der Waals surface area contributed by atoms with Crippen molar-refractivity contribution in [3.05, 3.63) is 51.9 Å². The highest BCUT2D eigenvalue weighted by Crippen LogP contribution is 2.36. The summed E-state index contributed by atoms with van der Waals surface area (Å²) >= 11 is 0. The second-order valence-corrected chi connectivity index (χ2v) is 5.84. The van der Waals surface area contributed by atoms with Crippen molar-refractivity contribution in [3.8, 4) is 11.1 Å². The largest absolute Gasteiger partial charge is 0.477 e. The standard InChI is InChI=1S/C19H22N2O7/c1-28-16(25)5-4-12-17(15(6-20)21-18(12)19(26)27)11-3-2-10(7-22)13(8-23)14(11)9-24/h2-5,21-24H,6-9,20H2,1H3,(H,26,27)/b5-4+. The molecule has 150 valence electrons. The number of aliphatic hydroxyl groups is 3. The molecular weight excluding hydrogens is 368 g/mol. The molecule has 0 spiro atoms. The predicted molar refractivity (Wildman–Crippen MR) is 99.9 cm³/mol. The fourth-order valence-corrected chi connectivity index (χ4v) is 3.09. The van der Waals surface area contributed by atoms with Crippen molar-refractivity contribution < 1.29 is 34.8 Å². The quantitative estimate of drug-likeness (QED) is 0.280. The number of rotatable bonds is 8. The fourth-order valence-electron chi connectivity index (χ4n) is 3.09. The van der Waals surface area contributed by atoms with Crippen LogP contribution in [0.4, 0.5) is 0 Å². The Labute approximate surface area is 160 Å². The van der Waals surface area contributed by atoms with E-state index in [1.807, 2.05) is 0 Å². The van der Waals surface area contributed by atoms with E-state index in [0.29, 0.717) is 33.5 Å². The number of hydrogen-bond donors (Lipinski definition) is 6. The summed E-state index contributed by atoms with van der Waals surface area (Å²) in [7, 11) is 1.19. The first-order valence-electron chi connectivity index (χ1n) is 8.34. The van der Waals surface area contributed by atoms with Gasteiger partial charge in [-0.25, -0.2) is 9.59 Å². The van der Waals surface area contributed by atoms with E-state index in [-0.39, 0.29) is 24.4 Å². The van der Waals surface area contributed by atoms with Gasteiger partial charge in [0.2, 0.25) is 0 Å². The molecule has 0 fully saturated rings. The maximum Gasteiger partial charge on any atom is 0.352 e. The first-order valence-corrected chi connectivity index (χ1v) is 8.34. The SMILES string of the molecule is COC(=O)/C=C/c1c(C(=O)O)[nH]c(CN)c1-c1ccc(CO)c(CO)c1CO. The summed E-state index contributed by atoms with van der Waals surface area (Å²) in [6.07, 6.45) is 2.37. The molecule has 0 radical (unpaired) electrons. The van der Waals surface area contributed by atoms with Gasteiger partial charge in [0.1, 0.15) is 5.69 Å². The van der Waals surface area contributed by atoms with Gasteiger partial charge in [0.15, 0.2) is 0 Å². The average molecular weight is 390 g/mol. The van der Waals surface area contributed by atoms with Crippen molar-refractivity contribution in [1.82, 2.24) is 4.98 Å². The van der Waals surface area contributed by atoms with E-state index in [1.54, 1.807) is 12.1 Å². The second kappa shape index (κ2) is 9.29. The van der Waals surface area contributed by atoms with E-state index in [4.69, 9.17) is 5.73 Å². The highest BCUT2D eigenvalue weighted by molar-refractivity contribution is 5.99. The topological polar surface area (TPSA) is 166 Å². The molecule has 1 aromatic heterocycles. The molecule has 9 nitrogen and oxygen atoms in total. The molecule has 0 saturated heterocycles. The van der Waals surface area contributed by atoms with Crippen LogP contribution in [-0.2, 0) is 35.9 Å². The van der Waals surface area contributed by atoms with Gasteiger partial charge >= 0.3 is 11.9 Å². The van der Waals surface area contributed by atoms with Gasteiger partial charge in [-0.3, -0.25) is 0 Å².